The minimum atomic E-state index is -0.927. The van der Waals surface area contributed by atoms with E-state index in [0.29, 0.717) is 10.8 Å². The number of benzene rings is 1. The van der Waals surface area contributed by atoms with Gasteiger partial charge in [-0.05, 0) is 42.5 Å². The number of likely N-dealkylation sites (N-methyl/N-ethyl adjacent to an activating group) is 1. The molecular weight excluding hydrogens is 412 g/mol. The SMILES string of the molecule is COc1cccc(-c2c(C3CCCCC3)c3sc(C(=O)O)cc3n2CC(=O)N(C)C)c1. The summed E-state index contributed by atoms with van der Waals surface area (Å²) in [5.74, 6) is 0.158. The van der Waals surface area contributed by atoms with Crippen LogP contribution in [0.4, 0.5) is 0 Å². The summed E-state index contributed by atoms with van der Waals surface area (Å²) in [6.07, 6.45) is 5.74. The lowest BCUT2D eigenvalue weighted by Crippen LogP contribution is -2.26. The summed E-state index contributed by atoms with van der Waals surface area (Å²) < 4.78 is 8.47. The van der Waals surface area contributed by atoms with Gasteiger partial charge in [-0.15, -0.1) is 11.3 Å². The minimum absolute atomic E-state index is 0.0284. The molecule has 0 atom stereocenters. The molecule has 6 nitrogen and oxygen atoms in total. The summed E-state index contributed by atoms with van der Waals surface area (Å²) in [6, 6.07) is 9.64. The van der Waals surface area contributed by atoms with Gasteiger partial charge in [0.1, 0.15) is 17.2 Å². The molecule has 31 heavy (non-hydrogen) atoms. The Morgan fingerprint density at radius 2 is 1.94 bits per heavy atom. The fourth-order valence-corrected chi connectivity index (χ4v) is 5.67. The molecule has 2 heterocycles. The van der Waals surface area contributed by atoms with Crippen LogP contribution in [0, 0.1) is 0 Å². The normalized spacial score (nSPS) is 14.7. The van der Waals surface area contributed by atoms with E-state index in [1.54, 1.807) is 32.2 Å². The largest absolute Gasteiger partial charge is 0.497 e. The minimum Gasteiger partial charge on any atom is -0.497 e. The molecule has 0 radical (unpaired) electrons. The van der Waals surface area contributed by atoms with Crippen LogP contribution in [0.3, 0.4) is 0 Å². The van der Waals surface area contributed by atoms with Gasteiger partial charge in [-0.1, -0.05) is 31.4 Å². The molecule has 4 rings (SSSR count). The first-order valence-electron chi connectivity index (χ1n) is 10.6. The van der Waals surface area contributed by atoms with Gasteiger partial charge in [0, 0.05) is 19.7 Å². The highest BCUT2D eigenvalue weighted by Gasteiger charge is 2.29. The van der Waals surface area contributed by atoms with Gasteiger partial charge in [-0.3, -0.25) is 4.79 Å². The Hall–Kier alpha value is -2.80. The number of carboxylic acids is 1. The van der Waals surface area contributed by atoms with Gasteiger partial charge in [-0.2, -0.15) is 0 Å². The molecule has 0 saturated heterocycles. The Kier molecular flexibility index (Phi) is 6.05. The highest BCUT2D eigenvalue weighted by Crippen LogP contribution is 2.47. The number of fused-ring (bicyclic) bond motifs is 1. The van der Waals surface area contributed by atoms with Crippen molar-refractivity contribution < 1.29 is 19.4 Å². The number of carbonyl (C=O) groups is 2. The number of aromatic nitrogens is 1. The van der Waals surface area contributed by atoms with Crippen molar-refractivity contribution >= 4 is 33.4 Å². The summed E-state index contributed by atoms with van der Waals surface area (Å²) in [5, 5.41) is 9.63. The van der Waals surface area contributed by atoms with E-state index in [1.165, 1.54) is 36.2 Å². The Bertz CT molecular complexity index is 1120. The van der Waals surface area contributed by atoms with Gasteiger partial charge in [-0.25, -0.2) is 4.79 Å². The molecule has 1 aliphatic carbocycles. The van der Waals surface area contributed by atoms with E-state index in [2.05, 4.69) is 0 Å². The van der Waals surface area contributed by atoms with Gasteiger partial charge < -0.3 is 19.3 Å². The smallest absolute Gasteiger partial charge is 0.345 e. The molecule has 0 spiro atoms. The first kappa shape index (κ1) is 21.4. The van der Waals surface area contributed by atoms with Crippen molar-refractivity contribution in [3.63, 3.8) is 0 Å². The Balaban J connectivity index is 2.01. The summed E-state index contributed by atoms with van der Waals surface area (Å²) in [4.78, 5) is 26.4. The second-order valence-corrected chi connectivity index (χ2v) is 9.39. The predicted octanol–water partition coefficient (Wildman–Crippen LogP) is 5.21. The standard InChI is InChI=1S/C24H28N2O4S/c1-25(2)20(27)14-26-18-13-19(24(28)29)31-23(18)21(15-8-5-4-6-9-15)22(26)16-10-7-11-17(12-16)30-3/h7,10-13,15H,4-6,8-9,14H2,1-3H3,(H,28,29). The zero-order chi connectivity index (χ0) is 22.1. The quantitative estimate of drug-likeness (QED) is 0.571. The van der Waals surface area contributed by atoms with Crippen LogP contribution in [0.15, 0.2) is 30.3 Å². The van der Waals surface area contributed by atoms with E-state index in [1.807, 2.05) is 28.8 Å². The molecule has 1 amide bonds. The van der Waals surface area contributed by atoms with E-state index in [9.17, 15) is 14.7 Å². The van der Waals surface area contributed by atoms with Crippen LogP contribution in [0.1, 0.15) is 53.3 Å². The van der Waals surface area contributed by atoms with Gasteiger partial charge >= 0.3 is 5.97 Å². The maximum Gasteiger partial charge on any atom is 0.345 e. The third kappa shape index (κ3) is 4.06. The highest BCUT2D eigenvalue weighted by atomic mass is 32.1. The van der Waals surface area contributed by atoms with E-state index in [0.717, 1.165) is 40.1 Å². The average molecular weight is 441 g/mol. The summed E-state index contributed by atoms with van der Waals surface area (Å²) >= 11 is 1.32. The molecular formula is C24H28N2O4S. The number of amides is 1. The number of ether oxygens (including phenoxy) is 1. The van der Waals surface area contributed by atoms with E-state index in [-0.39, 0.29) is 12.5 Å². The van der Waals surface area contributed by atoms with Crippen molar-refractivity contribution in [3.8, 4) is 17.0 Å². The molecule has 0 unspecified atom stereocenters. The van der Waals surface area contributed by atoms with Crippen LogP contribution in [-0.4, -0.2) is 47.7 Å². The molecule has 2 aromatic heterocycles. The average Bonchev–Trinajstić information content (AvgIpc) is 3.32. The number of carboxylic acid groups (broad SMARTS) is 1. The van der Waals surface area contributed by atoms with Crippen LogP contribution in [0.2, 0.25) is 0 Å². The lowest BCUT2D eigenvalue weighted by molar-refractivity contribution is -0.129. The second-order valence-electron chi connectivity index (χ2n) is 8.33. The maximum atomic E-state index is 12.8. The molecule has 0 bridgehead atoms. The topological polar surface area (TPSA) is 71.8 Å². The zero-order valence-corrected chi connectivity index (χ0v) is 19.0. The number of rotatable bonds is 6. The van der Waals surface area contributed by atoms with Gasteiger partial charge in [0.25, 0.3) is 0 Å². The lowest BCUT2D eigenvalue weighted by Gasteiger charge is -2.24. The number of hydrogen-bond acceptors (Lipinski definition) is 4. The third-order valence-electron chi connectivity index (χ3n) is 6.13. The molecule has 1 aliphatic rings. The molecule has 1 saturated carbocycles. The van der Waals surface area contributed by atoms with E-state index >= 15 is 0 Å². The van der Waals surface area contributed by atoms with Crippen molar-refractivity contribution in [1.82, 2.24) is 9.47 Å². The Morgan fingerprint density at radius 1 is 1.19 bits per heavy atom. The number of hydrogen-bond donors (Lipinski definition) is 1. The van der Waals surface area contributed by atoms with Gasteiger partial charge in [0.15, 0.2) is 0 Å². The fourth-order valence-electron chi connectivity index (χ4n) is 4.55. The van der Waals surface area contributed by atoms with Crippen molar-refractivity contribution in [1.29, 1.82) is 0 Å². The van der Waals surface area contributed by atoms with Gasteiger partial charge in [0.05, 0.1) is 23.0 Å². The van der Waals surface area contributed by atoms with Crippen molar-refractivity contribution in [2.24, 2.45) is 0 Å². The van der Waals surface area contributed by atoms with Crippen molar-refractivity contribution in [3.05, 3.63) is 40.8 Å². The monoisotopic (exact) mass is 440 g/mol. The van der Waals surface area contributed by atoms with Crippen molar-refractivity contribution in [2.45, 2.75) is 44.6 Å². The number of thiophene rings is 1. The first-order valence-corrected chi connectivity index (χ1v) is 11.5. The summed E-state index contributed by atoms with van der Waals surface area (Å²) in [7, 11) is 5.13. The van der Waals surface area contributed by atoms with Crippen LogP contribution in [0.25, 0.3) is 21.5 Å². The first-order chi connectivity index (χ1) is 14.9. The lowest BCUT2D eigenvalue weighted by atomic mass is 9.83. The van der Waals surface area contributed by atoms with E-state index < -0.39 is 5.97 Å². The highest BCUT2D eigenvalue weighted by molar-refractivity contribution is 7.21. The van der Waals surface area contributed by atoms with Crippen LogP contribution < -0.4 is 4.74 Å². The van der Waals surface area contributed by atoms with Crippen LogP contribution in [0.5, 0.6) is 5.75 Å². The van der Waals surface area contributed by atoms with E-state index in [4.69, 9.17) is 4.74 Å². The predicted molar refractivity (Wildman–Crippen MR) is 123 cm³/mol. The molecule has 164 valence electrons. The summed E-state index contributed by atoms with van der Waals surface area (Å²) in [5.41, 5.74) is 4.02. The van der Waals surface area contributed by atoms with Gasteiger partial charge in [0.2, 0.25) is 5.91 Å². The number of methoxy groups -OCH3 is 1. The summed E-state index contributed by atoms with van der Waals surface area (Å²) in [6.45, 7) is 0.165. The third-order valence-corrected chi connectivity index (χ3v) is 7.28. The molecule has 0 aliphatic heterocycles. The second kappa shape index (κ2) is 8.75. The fraction of sp³-hybridized carbons (Fsp3) is 0.417. The molecule has 1 aromatic carbocycles. The van der Waals surface area contributed by atoms with Crippen LogP contribution >= 0.6 is 11.3 Å². The number of carbonyl (C=O) groups excluding carboxylic acids is 1. The molecule has 1 fully saturated rings. The zero-order valence-electron chi connectivity index (χ0n) is 18.2. The maximum absolute atomic E-state index is 12.8. The number of aromatic carboxylic acids is 1. The van der Waals surface area contributed by atoms with Crippen molar-refractivity contribution in [2.75, 3.05) is 21.2 Å². The molecule has 3 aromatic rings. The Labute approximate surface area is 186 Å². The molecule has 1 N–H and O–H groups in total. The number of nitrogens with zero attached hydrogens (tertiary/aromatic N) is 2. The molecule has 7 heteroatoms. The van der Waals surface area contributed by atoms with Crippen LogP contribution in [-0.2, 0) is 11.3 Å². The Morgan fingerprint density at radius 3 is 2.58 bits per heavy atom.